The molecule has 0 saturated carbocycles. The van der Waals surface area contributed by atoms with Gasteiger partial charge in [-0.3, -0.25) is 9.59 Å². The number of methoxy groups -OCH3 is 1. The molecule has 0 aliphatic carbocycles. The van der Waals surface area contributed by atoms with E-state index in [0.717, 1.165) is 24.1 Å². The molecule has 0 radical (unpaired) electrons. The van der Waals surface area contributed by atoms with Gasteiger partial charge in [-0.25, -0.2) is 0 Å². The summed E-state index contributed by atoms with van der Waals surface area (Å²) in [4.78, 5) is 33.9. The second-order valence-corrected chi connectivity index (χ2v) is 10.2. The summed E-state index contributed by atoms with van der Waals surface area (Å²) in [7, 11) is 1.69. The Balaban J connectivity index is 1.56. The van der Waals surface area contributed by atoms with E-state index in [9.17, 15) is 9.59 Å². The standard InChI is InChI=1S/C27H41N3O3/c1-4-20(2)25(30-19-21-10-5-6-12-23(21)26(30)31)27(32)29(16-17-33-3)18-22-11-9-15-28-14-8-7-13-24(22)28/h5-6,10,12,20,22,24-25H,4,7-9,11,13-19H2,1-3H3/t20-,22-,24+,25+/m0/s1. The van der Waals surface area contributed by atoms with E-state index in [-0.39, 0.29) is 17.7 Å². The summed E-state index contributed by atoms with van der Waals surface area (Å²) >= 11 is 0. The van der Waals surface area contributed by atoms with E-state index in [4.69, 9.17) is 4.74 Å². The molecule has 6 nitrogen and oxygen atoms in total. The van der Waals surface area contributed by atoms with Gasteiger partial charge in [-0.15, -0.1) is 0 Å². The highest BCUT2D eigenvalue weighted by Crippen LogP contribution is 2.33. The fraction of sp³-hybridized carbons (Fsp3) is 0.704. The minimum atomic E-state index is -0.433. The van der Waals surface area contributed by atoms with E-state index in [1.54, 1.807) is 7.11 Å². The average molecular weight is 456 g/mol. The third-order valence-electron chi connectivity index (χ3n) is 8.18. The minimum Gasteiger partial charge on any atom is -0.383 e. The highest BCUT2D eigenvalue weighted by molar-refractivity contribution is 6.01. The third-order valence-corrected chi connectivity index (χ3v) is 8.18. The first-order chi connectivity index (χ1) is 16.0. The van der Waals surface area contributed by atoms with Crippen molar-refractivity contribution in [3.8, 4) is 0 Å². The van der Waals surface area contributed by atoms with Gasteiger partial charge in [0.2, 0.25) is 5.91 Å². The van der Waals surface area contributed by atoms with E-state index in [1.165, 1.54) is 45.2 Å². The van der Waals surface area contributed by atoms with Crippen LogP contribution in [-0.2, 0) is 16.1 Å². The van der Waals surface area contributed by atoms with Crippen molar-refractivity contribution >= 4 is 11.8 Å². The number of ether oxygens (including phenoxy) is 1. The van der Waals surface area contributed by atoms with Gasteiger partial charge in [0.05, 0.1) is 6.61 Å². The Morgan fingerprint density at radius 3 is 2.73 bits per heavy atom. The molecule has 1 aromatic carbocycles. The van der Waals surface area contributed by atoms with Crippen molar-refractivity contribution < 1.29 is 14.3 Å². The van der Waals surface area contributed by atoms with Gasteiger partial charge in [-0.1, -0.05) is 44.9 Å². The van der Waals surface area contributed by atoms with Crippen LogP contribution in [0, 0.1) is 11.8 Å². The second kappa shape index (κ2) is 11.0. The molecule has 0 spiro atoms. The number of benzene rings is 1. The number of fused-ring (bicyclic) bond motifs is 2. The van der Waals surface area contributed by atoms with Gasteiger partial charge in [0.25, 0.3) is 5.91 Å². The molecule has 3 aliphatic heterocycles. The lowest BCUT2D eigenvalue weighted by Crippen LogP contribution is -2.56. The van der Waals surface area contributed by atoms with Crippen molar-refractivity contribution in [3.63, 3.8) is 0 Å². The molecule has 3 heterocycles. The number of nitrogens with zero attached hydrogens (tertiary/aromatic N) is 3. The highest BCUT2D eigenvalue weighted by Gasteiger charge is 2.42. The summed E-state index contributed by atoms with van der Waals surface area (Å²) in [5.41, 5.74) is 1.77. The van der Waals surface area contributed by atoms with Crippen LogP contribution in [0.5, 0.6) is 0 Å². The van der Waals surface area contributed by atoms with Gasteiger partial charge in [-0.05, 0) is 62.2 Å². The van der Waals surface area contributed by atoms with Crippen molar-refractivity contribution in [2.24, 2.45) is 11.8 Å². The topological polar surface area (TPSA) is 53.1 Å². The third kappa shape index (κ3) is 5.12. The number of carbonyl (C=O) groups is 2. The van der Waals surface area contributed by atoms with Crippen molar-refractivity contribution in [1.82, 2.24) is 14.7 Å². The number of hydrogen-bond acceptors (Lipinski definition) is 4. The van der Waals surface area contributed by atoms with Crippen LogP contribution in [0.2, 0.25) is 0 Å². The van der Waals surface area contributed by atoms with E-state index >= 15 is 0 Å². The molecule has 2 saturated heterocycles. The van der Waals surface area contributed by atoms with Crippen LogP contribution in [0.15, 0.2) is 24.3 Å². The Morgan fingerprint density at radius 2 is 1.97 bits per heavy atom. The number of amides is 2. The smallest absolute Gasteiger partial charge is 0.255 e. The molecule has 3 aliphatic rings. The van der Waals surface area contributed by atoms with E-state index < -0.39 is 6.04 Å². The summed E-state index contributed by atoms with van der Waals surface area (Å²) in [6.07, 6.45) is 7.07. The monoisotopic (exact) mass is 455 g/mol. The Hall–Kier alpha value is -1.92. The summed E-state index contributed by atoms with van der Waals surface area (Å²) in [5.74, 6) is 0.685. The molecule has 6 heteroatoms. The molecule has 4 rings (SSSR count). The molecule has 2 fully saturated rings. The first-order valence-corrected chi connectivity index (χ1v) is 13.0. The lowest BCUT2D eigenvalue weighted by atomic mass is 9.83. The van der Waals surface area contributed by atoms with Crippen molar-refractivity contribution in [2.45, 2.75) is 71.0 Å². The SMILES string of the molecule is CC[C@H](C)[C@H](C(=O)N(CCOC)C[C@@H]1CCCN2CCCC[C@H]12)N1Cc2ccccc2C1=O. The molecule has 4 atom stereocenters. The maximum absolute atomic E-state index is 14.1. The summed E-state index contributed by atoms with van der Waals surface area (Å²) in [6.45, 7) is 9.01. The predicted octanol–water partition coefficient (Wildman–Crippen LogP) is 3.80. The number of hydrogen-bond donors (Lipinski definition) is 0. The normalized spacial score (nSPS) is 24.8. The van der Waals surface area contributed by atoms with Gasteiger partial charge in [0.1, 0.15) is 6.04 Å². The number of carbonyl (C=O) groups excluding carboxylic acids is 2. The lowest BCUT2D eigenvalue weighted by molar-refractivity contribution is -0.140. The van der Waals surface area contributed by atoms with Crippen LogP contribution < -0.4 is 0 Å². The first kappa shape index (κ1) is 24.2. The predicted molar refractivity (Wildman–Crippen MR) is 130 cm³/mol. The average Bonchev–Trinajstić information content (AvgIpc) is 3.17. The van der Waals surface area contributed by atoms with Gasteiger partial charge in [0.15, 0.2) is 0 Å². The molecule has 0 unspecified atom stereocenters. The Bertz CT molecular complexity index is 827. The first-order valence-electron chi connectivity index (χ1n) is 13.0. The molecule has 0 N–H and O–H groups in total. The molecular formula is C27H41N3O3. The minimum absolute atomic E-state index is 0.00735. The number of piperidine rings is 2. The lowest BCUT2D eigenvalue weighted by Gasteiger charge is -2.46. The van der Waals surface area contributed by atoms with Crippen LogP contribution in [0.3, 0.4) is 0 Å². The molecule has 1 aromatic rings. The van der Waals surface area contributed by atoms with Gasteiger partial charge in [-0.2, -0.15) is 0 Å². The Labute approximate surface area is 199 Å². The zero-order chi connectivity index (χ0) is 23.4. The Kier molecular flexibility index (Phi) is 8.07. The fourth-order valence-corrected chi connectivity index (χ4v) is 6.16. The fourth-order valence-electron chi connectivity index (χ4n) is 6.16. The van der Waals surface area contributed by atoms with Crippen LogP contribution in [0.4, 0.5) is 0 Å². The zero-order valence-corrected chi connectivity index (χ0v) is 20.7. The van der Waals surface area contributed by atoms with Gasteiger partial charge < -0.3 is 19.4 Å². The highest BCUT2D eigenvalue weighted by atomic mass is 16.5. The Morgan fingerprint density at radius 1 is 1.18 bits per heavy atom. The van der Waals surface area contributed by atoms with Crippen molar-refractivity contribution in [2.75, 3.05) is 39.9 Å². The van der Waals surface area contributed by atoms with E-state index in [2.05, 4.69) is 18.7 Å². The molecule has 182 valence electrons. The van der Waals surface area contributed by atoms with Gasteiger partial charge in [0, 0.05) is 38.3 Å². The summed E-state index contributed by atoms with van der Waals surface area (Å²) in [5, 5.41) is 0. The van der Waals surface area contributed by atoms with Gasteiger partial charge >= 0.3 is 0 Å². The second-order valence-electron chi connectivity index (χ2n) is 10.2. The molecule has 0 bridgehead atoms. The maximum atomic E-state index is 14.1. The zero-order valence-electron chi connectivity index (χ0n) is 20.7. The summed E-state index contributed by atoms with van der Waals surface area (Å²) in [6, 6.07) is 7.93. The van der Waals surface area contributed by atoms with Crippen LogP contribution >= 0.6 is 0 Å². The van der Waals surface area contributed by atoms with Crippen molar-refractivity contribution in [3.05, 3.63) is 35.4 Å². The van der Waals surface area contributed by atoms with Crippen LogP contribution in [0.25, 0.3) is 0 Å². The largest absolute Gasteiger partial charge is 0.383 e. The van der Waals surface area contributed by atoms with Crippen molar-refractivity contribution in [1.29, 1.82) is 0 Å². The molecular weight excluding hydrogens is 414 g/mol. The summed E-state index contributed by atoms with van der Waals surface area (Å²) < 4.78 is 5.40. The van der Waals surface area contributed by atoms with E-state index in [1.807, 2.05) is 34.1 Å². The van der Waals surface area contributed by atoms with E-state index in [0.29, 0.717) is 31.7 Å². The van der Waals surface area contributed by atoms with Crippen LogP contribution in [-0.4, -0.2) is 78.5 Å². The quantitative estimate of drug-likeness (QED) is 0.568. The molecule has 2 amide bonds. The molecule has 33 heavy (non-hydrogen) atoms. The molecule has 0 aromatic heterocycles. The number of rotatable bonds is 9. The maximum Gasteiger partial charge on any atom is 0.255 e. The van der Waals surface area contributed by atoms with Crippen LogP contribution in [0.1, 0.15) is 68.3 Å².